The molecule has 1 aromatic carbocycles. The Morgan fingerprint density at radius 1 is 1.32 bits per heavy atom. The normalized spacial score (nSPS) is 20.9. The number of rotatable bonds is 4. The van der Waals surface area contributed by atoms with Gasteiger partial charge in [-0.25, -0.2) is 0 Å². The van der Waals surface area contributed by atoms with E-state index in [9.17, 15) is 5.11 Å². The molecule has 0 bridgehead atoms. The molecule has 1 saturated heterocycles. The largest absolute Gasteiger partial charge is 0.493 e. The molecule has 1 heterocycles. The third-order valence-corrected chi connectivity index (χ3v) is 3.93. The van der Waals surface area contributed by atoms with Crippen molar-refractivity contribution >= 4 is 11.6 Å². The molecule has 5 heteroatoms. The third-order valence-electron chi connectivity index (χ3n) is 3.60. The van der Waals surface area contributed by atoms with Gasteiger partial charge in [-0.05, 0) is 25.5 Å². The van der Waals surface area contributed by atoms with Gasteiger partial charge in [-0.2, -0.15) is 0 Å². The molecule has 0 spiro atoms. The molecule has 2 atom stereocenters. The highest BCUT2D eigenvalue weighted by Gasteiger charge is 2.26. The number of aliphatic hydroxyl groups is 1. The molecule has 1 aromatic rings. The van der Waals surface area contributed by atoms with E-state index in [4.69, 9.17) is 21.1 Å². The minimum Gasteiger partial charge on any atom is -0.493 e. The van der Waals surface area contributed by atoms with Crippen LogP contribution in [0.3, 0.4) is 0 Å². The van der Waals surface area contributed by atoms with E-state index in [-0.39, 0.29) is 5.92 Å². The number of nitrogens with one attached hydrogen (secondary N) is 1. The van der Waals surface area contributed by atoms with Gasteiger partial charge in [0.15, 0.2) is 11.5 Å². The second kappa shape index (κ2) is 6.46. The van der Waals surface area contributed by atoms with Crippen molar-refractivity contribution in [2.45, 2.75) is 18.9 Å². The van der Waals surface area contributed by atoms with E-state index in [0.29, 0.717) is 22.1 Å². The lowest BCUT2D eigenvalue weighted by molar-refractivity contribution is 0.0919. The highest BCUT2D eigenvalue weighted by molar-refractivity contribution is 6.31. The van der Waals surface area contributed by atoms with E-state index in [1.807, 2.05) is 0 Å². The maximum Gasteiger partial charge on any atom is 0.162 e. The maximum absolute atomic E-state index is 10.5. The second-order valence-electron chi connectivity index (χ2n) is 4.78. The van der Waals surface area contributed by atoms with Crippen LogP contribution in [-0.2, 0) is 0 Å². The van der Waals surface area contributed by atoms with Crippen LogP contribution in [0.2, 0.25) is 5.02 Å². The van der Waals surface area contributed by atoms with Crippen LogP contribution < -0.4 is 14.8 Å². The third kappa shape index (κ3) is 3.14. The van der Waals surface area contributed by atoms with Crippen molar-refractivity contribution < 1.29 is 14.6 Å². The van der Waals surface area contributed by atoms with Crippen LogP contribution in [0.25, 0.3) is 0 Å². The predicted molar refractivity (Wildman–Crippen MR) is 75.1 cm³/mol. The van der Waals surface area contributed by atoms with E-state index >= 15 is 0 Å². The number of benzene rings is 1. The van der Waals surface area contributed by atoms with Gasteiger partial charge >= 0.3 is 0 Å². The quantitative estimate of drug-likeness (QED) is 0.892. The van der Waals surface area contributed by atoms with Crippen molar-refractivity contribution in [1.82, 2.24) is 5.32 Å². The summed E-state index contributed by atoms with van der Waals surface area (Å²) in [4.78, 5) is 0. The summed E-state index contributed by atoms with van der Waals surface area (Å²) in [6, 6.07) is 3.45. The summed E-state index contributed by atoms with van der Waals surface area (Å²) >= 11 is 6.24. The summed E-state index contributed by atoms with van der Waals surface area (Å²) in [7, 11) is 3.14. The fourth-order valence-corrected chi connectivity index (χ4v) is 2.76. The summed E-state index contributed by atoms with van der Waals surface area (Å²) < 4.78 is 10.5. The minimum absolute atomic E-state index is 0.185. The Labute approximate surface area is 118 Å². The molecule has 0 amide bonds. The molecule has 1 aliphatic rings. The Kier molecular flexibility index (Phi) is 4.91. The smallest absolute Gasteiger partial charge is 0.162 e. The van der Waals surface area contributed by atoms with Crippen LogP contribution in [0.4, 0.5) is 0 Å². The van der Waals surface area contributed by atoms with Crippen molar-refractivity contribution in [2.24, 2.45) is 5.92 Å². The van der Waals surface area contributed by atoms with Crippen LogP contribution in [0.1, 0.15) is 24.5 Å². The molecule has 0 radical (unpaired) electrons. The molecule has 0 saturated carbocycles. The second-order valence-corrected chi connectivity index (χ2v) is 5.19. The van der Waals surface area contributed by atoms with Crippen molar-refractivity contribution in [2.75, 3.05) is 27.3 Å². The fourth-order valence-electron chi connectivity index (χ4n) is 2.50. The van der Waals surface area contributed by atoms with Gasteiger partial charge in [0.2, 0.25) is 0 Å². The highest BCUT2D eigenvalue weighted by atomic mass is 35.5. The van der Waals surface area contributed by atoms with E-state index in [2.05, 4.69) is 5.32 Å². The topological polar surface area (TPSA) is 50.7 Å². The lowest BCUT2D eigenvalue weighted by Gasteiger charge is -2.28. The number of methoxy groups -OCH3 is 2. The molecule has 4 nitrogen and oxygen atoms in total. The Bertz CT molecular complexity index is 433. The first-order valence-electron chi connectivity index (χ1n) is 6.47. The Balaban J connectivity index is 2.27. The van der Waals surface area contributed by atoms with Gasteiger partial charge in [0, 0.05) is 24.1 Å². The van der Waals surface area contributed by atoms with Gasteiger partial charge < -0.3 is 19.9 Å². The zero-order valence-corrected chi connectivity index (χ0v) is 12.0. The average Bonchev–Trinajstić information content (AvgIpc) is 2.47. The molecule has 0 aliphatic carbocycles. The summed E-state index contributed by atoms with van der Waals surface area (Å²) in [5, 5.41) is 14.3. The van der Waals surface area contributed by atoms with Crippen molar-refractivity contribution in [1.29, 1.82) is 0 Å². The number of halogens is 1. The Morgan fingerprint density at radius 3 is 2.58 bits per heavy atom. The summed E-state index contributed by atoms with van der Waals surface area (Å²) in [6.07, 6.45) is 1.49. The van der Waals surface area contributed by atoms with E-state index < -0.39 is 6.10 Å². The number of hydrogen-bond donors (Lipinski definition) is 2. The van der Waals surface area contributed by atoms with Gasteiger partial charge in [0.1, 0.15) is 0 Å². The van der Waals surface area contributed by atoms with Crippen molar-refractivity contribution in [3.05, 3.63) is 22.7 Å². The average molecular weight is 286 g/mol. The van der Waals surface area contributed by atoms with Crippen molar-refractivity contribution in [3.8, 4) is 11.5 Å². The molecular formula is C14H20ClNO3. The summed E-state index contributed by atoms with van der Waals surface area (Å²) in [6.45, 7) is 1.83. The minimum atomic E-state index is -0.583. The molecule has 1 aliphatic heterocycles. The van der Waals surface area contributed by atoms with Gasteiger partial charge in [0.25, 0.3) is 0 Å². The van der Waals surface area contributed by atoms with Gasteiger partial charge in [-0.3, -0.25) is 0 Å². The Morgan fingerprint density at radius 2 is 2.00 bits per heavy atom. The molecule has 0 aromatic heterocycles. The van der Waals surface area contributed by atoms with Crippen molar-refractivity contribution in [3.63, 3.8) is 0 Å². The maximum atomic E-state index is 10.5. The number of aliphatic hydroxyl groups excluding tert-OH is 1. The first-order chi connectivity index (χ1) is 9.17. The lowest BCUT2D eigenvalue weighted by atomic mass is 9.89. The van der Waals surface area contributed by atoms with Gasteiger partial charge in [-0.15, -0.1) is 0 Å². The first kappa shape index (κ1) is 14.4. The van der Waals surface area contributed by atoms with Crippen LogP contribution in [0.5, 0.6) is 11.5 Å². The highest BCUT2D eigenvalue weighted by Crippen LogP contribution is 2.38. The number of ether oxygens (including phenoxy) is 2. The summed E-state index contributed by atoms with van der Waals surface area (Å²) in [5.41, 5.74) is 0.702. The zero-order valence-electron chi connectivity index (χ0n) is 11.3. The molecule has 1 fully saturated rings. The monoisotopic (exact) mass is 285 g/mol. The SMILES string of the molecule is COc1cc(Cl)c(C(O)C2CCCNC2)cc1OC. The van der Waals surface area contributed by atoms with E-state index in [1.165, 1.54) is 0 Å². The van der Waals surface area contributed by atoms with Crippen LogP contribution in [-0.4, -0.2) is 32.4 Å². The van der Waals surface area contributed by atoms with Gasteiger partial charge in [-0.1, -0.05) is 11.6 Å². The first-order valence-corrected chi connectivity index (χ1v) is 6.85. The van der Waals surface area contributed by atoms with Crippen LogP contribution in [0, 0.1) is 5.92 Å². The Hall–Kier alpha value is -0.970. The molecule has 2 N–H and O–H groups in total. The molecule has 19 heavy (non-hydrogen) atoms. The van der Waals surface area contributed by atoms with E-state index in [0.717, 1.165) is 25.9 Å². The fraction of sp³-hybridized carbons (Fsp3) is 0.571. The lowest BCUT2D eigenvalue weighted by Crippen LogP contribution is -2.33. The predicted octanol–water partition coefficient (Wildman–Crippen LogP) is 2.39. The van der Waals surface area contributed by atoms with Gasteiger partial charge in [0.05, 0.1) is 25.3 Å². The van der Waals surface area contributed by atoms with E-state index in [1.54, 1.807) is 26.4 Å². The number of piperidine rings is 1. The molecule has 106 valence electrons. The molecule has 2 rings (SSSR count). The van der Waals surface area contributed by atoms with Crippen LogP contribution >= 0.6 is 11.6 Å². The molecule has 2 unspecified atom stereocenters. The standard InChI is InChI=1S/C14H20ClNO3/c1-18-12-6-10(11(15)7-13(12)19-2)14(17)9-4-3-5-16-8-9/h6-7,9,14,16-17H,3-5,8H2,1-2H3. The van der Waals surface area contributed by atoms with Crippen LogP contribution in [0.15, 0.2) is 12.1 Å². The zero-order chi connectivity index (χ0) is 13.8. The molecular weight excluding hydrogens is 266 g/mol. The number of hydrogen-bond acceptors (Lipinski definition) is 4. The summed E-state index contributed by atoms with van der Waals surface area (Å²) in [5.74, 6) is 1.35.